The molecule has 0 radical (unpaired) electrons. The number of esters is 1. The molecule has 2 atom stereocenters. The Morgan fingerprint density at radius 2 is 1.91 bits per heavy atom. The Hall–Kier alpha value is -2.36. The van der Waals surface area contributed by atoms with Gasteiger partial charge in [-0.2, -0.15) is 0 Å². The smallest absolute Gasteiger partial charge is 0.344 e. The summed E-state index contributed by atoms with van der Waals surface area (Å²) < 4.78 is 6.71. The van der Waals surface area contributed by atoms with Crippen molar-refractivity contribution < 1.29 is 23.9 Å². The number of amides is 1. The molecule has 8 nitrogen and oxygen atoms in total. The fraction of sp³-hybridized carbons (Fsp3) is 0.583. The SMILES string of the molecule is O=C(C[N+]12CCC(CC1)[C@@H](OC(=O)C(O)(c1cccs1)C1CCCC1)C2)Nc1cncnc1. The van der Waals surface area contributed by atoms with E-state index in [0.717, 1.165) is 51.6 Å². The van der Waals surface area contributed by atoms with Crippen LogP contribution in [0.15, 0.2) is 36.2 Å². The summed E-state index contributed by atoms with van der Waals surface area (Å²) in [5.41, 5.74) is -1.00. The molecule has 3 aliphatic heterocycles. The van der Waals surface area contributed by atoms with Crippen LogP contribution in [-0.4, -0.2) is 63.7 Å². The van der Waals surface area contributed by atoms with Gasteiger partial charge in [0.05, 0.1) is 31.2 Å². The second-order valence-electron chi connectivity index (χ2n) is 9.81. The standard InChI is InChI=1S/C24H30N4O4S/c29-22(27-19-12-25-16-26-13-19)15-28-9-7-17(8-10-28)20(14-28)32-23(30)24(31,18-4-1-2-5-18)21-6-3-11-33-21/h3,6,11-13,16-18,20,31H,1-2,4-5,7-10,14-15H2/p+1/t17?,20-,24?,28?/m0/s1. The van der Waals surface area contributed by atoms with E-state index in [2.05, 4.69) is 15.3 Å². The number of nitrogens with zero attached hydrogens (tertiary/aromatic N) is 3. The number of aliphatic hydroxyl groups is 1. The van der Waals surface area contributed by atoms with Gasteiger partial charge in [0.25, 0.3) is 5.91 Å². The summed E-state index contributed by atoms with van der Waals surface area (Å²) in [5.74, 6) is -0.418. The van der Waals surface area contributed by atoms with E-state index in [4.69, 9.17) is 4.74 Å². The molecular formula is C24H31N4O4S+. The van der Waals surface area contributed by atoms with Crippen molar-refractivity contribution in [2.75, 3.05) is 31.5 Å². The van der Waals surface area contributed by atoms with Crippen LogP contribution in [0.5, 0.6) is 0 Å². The second-order valence-corrected chi connectivity index (χ2v) is 10.8. The molecule has 33 heavy (non-hydrogen) atoms. The van der Waals surface area contributed by atoms with E-state index < -0.39 is 11.6 Å². The third-order valence-electron chi connectivity index (χ3n) is 7.78. The van der Waals surface area contributed by atoms with Crippen molar-refractivity contribution in [2.45, 2.75) is 50.2 Å². The second kappa shape index (κ2) is 9.12. The third kappa shape index (κ3) is 4.41. The number of nitrogens with one attached hydrogen (secondary N) is 1. The molecule has 2 aromatic rings. The number of thiophene rings is 1. The lowest BCUT2D eigenvalue weighted by atomic mass is 9.82. The van der Waals surface area contributed by atoms with Gasteiger partial charge in [0.2, 0.25) is 0 Å². The van der Waals surface area contributed by atoms with Gasteiger partial charge >= 0.3 is 5.97 Å². The summed E-state index contributed by atoms with van der Waals surface area (Å²) in [6.07, 6.45) is 9.86. The fourth-order valence-electron chi connectivity index (χ4n) is 5.98. The zero-order valence-electron chi connectivity index (χ0n) is 18.7. The first-order valence-electron chi connectivity index (χ1n) is 11.9. The number of hydrogen-bond acceptors (Lipinski definition) is 7. The van der Waals surface area contributed by atoms with E-state index in [0.29, 0.717) is 28.1 Å². The summed E-state index contributed by atoms with van der Waals surface area (Å²) in [4.78, 5) is 34.8. The molecular weight excluding hydrogens is 440 g/mol. The van der Waals surface area contributed by atoms with Crippen molar-refractivity contribution >= 4 is 28.9 Å². The zero-order valence-corrected chi connectivity index (χ0v) is 19.5. The van der Waals surface area contributed by atoms with Crippen LogP contribution in [-0.2, 0) is 19.9 Å². The maximum atomic E-state index is 13.5. The average Bonchev–Trinajstić information content (AvgIpc) is 3.54. The molecule has 2 aromatic heterocycles. The molecule has 4 aliphatic rings. The van der Waals surface area contributed by atoms with Crippen LogP contribution < -0.4 is 5.32 Å². The Morgan fingerprint density at radius 3 is 2.58 bits per heavy atom. The maximum absolute atomic E-state index is 13.5. The molecule has 6 rings (SSSR count). The van der Waals surface area contributed by atoms with Gasteiger partial charge in [-0.1, -0.05) is 18.9 Å². The number of piperidine rings is 3. The van der Waals surface area contributed by atoms with Crippen molar-refractivity contribution in [3.8, 4) is 0 Å². The highest BCUT2D eigenvalue weighted by Gasteiger charge is 2.53. The van der Waals surface area contributed by atoms with E-state index in [1.807, 2.05) is 17.5 Å². The minimum Gasteiger partial charge on any atom is -0.454 e. The summed E-state index contributed by atoms with van der Waals surface area (Å²) in [6, 6.07) is 3.71. The topological polar surface area (TPSA) is 101 Å². The van der Waals surface area contributed by atoms with Crippen LogP contribution in [0.4, 0.5) is 5.69 Å². The molecule has 0 aromatic carbocycles. The lowest BCUT2D eigenvalue weighted by Crippen LogP contribution is -2.66. The van der Waals surface area contributed by atoms with E-state index in [1.165, 1.54) is 17.7 Å². The van der Waals surface area contributed by atoms with Crippen LogP contribution in [0.2, 0.25) is 0 Å². The number of quaternary nitrogens is 1. The van der Waals surface area contributed by atoms with Gasteiger partial charge in [-0.05, 0) is 24.3 Å². The number of rotatable bonds is 7. The van der Waals surface area contributed by atoms with Crippen molar-refractivity contribution in [1.29, 1.82) is 0 Å². The molecule has 0 spiro atoms. The normalized spacial score (nSPS) is 28.9. The molecule has 1 aliphatic carbocycles. The Labute approximate surface area is 197 Å². The molecule has 1 saturated carbocycles. The first-order chi connectivity index (χ1) is 16.0. The Kier molecular flexibility index (Phi) is 6.20. The highest BCUT2D eigenvalue weighted by molar-refractivity contribution is 7.10. The third-order valence-corrected chi connectivity index (χ3v) is 8.77. The van der Waals surface area contributed by atoms with Gasteiger partial charge in [0.1, 0.15) is 12.9 Å². The molecule has 176 valence electrons. The quantitative estimate of drug-likeness (QED) is 0.476. The number of ether oxygens (including phenoxy) is 1. The van der Waals surface area contributed by atoms with Gasteiger partial charge in [-0.3, -0.25) is 4.79 Å². The average molecular weight is 472 g/mol. The van der Waals surface area contributed by atoms with Crippen LogP contribution in [0.25, 0.3) is 0 Å². The van der Waals surface area contributed by atoms with E-state index in [-0.39, 0.29) is 23.8 Å². The predicted octanol–water partition coefficient (Wildman–Crippen LogP) is 2.71. The van der Waals surface area contributed by atoms with Crippen molar-refractivity contribution in [3.63, 3.8) is 0 Å². The van der Waals surface area contributed by atoms with E-state index in [9.17, 15) is 14.7 Å². The lowest BCUT2D eigenvalue weighted by molar-refractivity contribution is -0.939. The molecule has 4 fully saturated rings. The van der Waals surface area contributed by atoms with Gasteiger partial charge in [0.15, 0.2) is 18.2 Å². The molecule has 1 unspecified atom stereocenters. The van der Waals surface area contributed by atoms with Gasteiger partial charge < -0.3 is 19.6 Å². The highest BCUT2D eigenvalue weighted by atomic mass is 32.1. The molecule has 3 saturated heterocycles. The van der Waals surface area contributed by atoms with E-state index in [1.54, 1.807) is 12.4 Å². The lowest BCUT2D eigenvalue weighted by Gasteiger charge is -2.51. The summed E-state index contributed by atoms with van der Waals surface area (Å²) in [6.45, 7) is 2.73. The molecule has 1 amide bonds. The molecule has 2 bridgehead atoms. The van der Waals surface area contributed by atoms with Gasteiger partial charge in [-0.15, -0.1) is 11.3 Å². The maximum Gasteiger partial charge on any atom is 0.344 e. The Balaban J connectivity index is 1.28. The summed E-state index contributed by atoms with van der Waals surface area (Å²) in [7, 11) is 0. The van der Waals surface area contributed by atoms with Crippen LogP contribution in [0.3, 0.4) is 0 Å². The van der Waals surface area contributed by atoms with Crippen molar-refractivity contribution in [2.24, 2.45) is 11.8 Å². The number of fused-ring (bicyclic) bond motifs is 3. The number of carbonyl (C=O) groups is 2. The van der Waals surface area contributed by atoms with Crippen molar-refractivity contribution in [1.82, 2.24) is 9.97 Å². The predicted molar refractivity (Wildman–Crippen MR) is 123 cm³/mol. The van der Waals surface area contributed by atoms with Crippen molar-refractivity contribution in [3.05, 3.63) is 41.1 Å². The number of hydrogen-bond donors (Lipinski definition) is 2. The van der Waals surface area contributed by atoms with Gasteiger partial charge in [-0.25, -0.2) is 14.8 Å². The number of carbonyl (C=O) groups excluding carboxylic acids is 2. The Bertz CT molecular complexity index is 972. The first-order valence-corrected chi connectivity index (χ1v) is 12.7. The minimum atomic E-state index is -1.58. The van der Waals surface area contributed by atoms with Crippen LogP contribution in [0.1, 0.15) is 43.4 Å². The monoisotopic (exact) mass is 471 g/mol. The molecule has 9 heteroatoms. The first kappa shape index (κ1) is 22.4. The number of aromatic nitrogens is 2. The summed E-state index contributed by atoms with van der Waals surface area (Å²) >= 11 is 1.41. The van der Waals surface area contributed by atoms with E-state index >= 15 is 0 Å². The van der Waals surface area contributed by atoms with Crippen LogP contribution in [0, 0.1) is 11.8 Å². The number of anilines is 1. The van der Waals surface area contributed by atoms with Crippen LogP contribution >= 0.6 is 11.3 Å². The zero-order chi connectivity index (χ0) is 22.9. The van der Waals surface area contributed by atoms with Gasteiger partial charge in [0, 0.05) is 29.6 Å². The largest absolute Gasteiger partial charge is 0.454 e. The minimum absolute atomic E-state index is 0.0868. The molecule has 2 N–H and O–H groups in total. The Morgan fingerprint density at radius 1 is 1.18 bits per heavy atom. The summed E-state index contributed by atoms with van der Waals surface area (Å²) in [5, 5.41) is 16.4. The molecule has 5 heterocycles. The highest BCUT2D eigenvalue weighted by Crippen LogP contribution is 2.44. The fourth-order valence-corrected chi connectivity index (χ4v) is 6.87.